The van der Waals surface area contributed by atoms with Crippen LogP contribution in [-0.4, -0.2) is 21.2 Å². The largest absolute Gasteiger partial charge is 0.436 e. The van der Waals surface area contributed by atoms with Gasteiger partial charge in [0.15, 0.2) is 0 Å². The van der Waals surface area contributed by atoms with Crippen LogP contribution in [0.5, 0.6) is 11.6 Å². The lowest BCUT2D eigenvalue weighted by Gasteiger charge is -2.04. The van der Waals surface area contributed by atoms with Crippen molar-refractivity contribution in [2.75, 3.05) is 0 Å². The SMILES string of the molecule is c1cncc(Oc2ccc(CNC3CC3)nn2)c1. The molecule has 92 valence electrons. The maximum absolute atomic E-state index is 5.51. The van der Waals surface area contributed by atoms with Gasteiger partial charge in [0.25, 0.3) is 0 Å². The second kappa shape index (κ2) is 5.10. The molecule has 1 aliphatic carbocycles. The summed E-state index contributed by atoms with van der Waals surface area (Å²) in [5.74, 6) is 1.15. The molecule has 1 N–H and O–H groups in total. The third-order valence-electron chi connectivity index (χ3n) is 2.70. The van der Waals surface area contributed by atoms with E-state index in [4.69, 9.17) is 4.74 Å². The first kappa shape index (κ1) is 11.1. The van der Waals surface area contributed by atoms with Crippen molar-refractivity contribution in [2.24, 2.45) is 0 Å². The summed E-state index contributed by atoms with van der Waals surface area (Å²) in [4.78, 5) is 3.97. The zero-order chi connectivity index (χ0) is 12.2. The second-order valence-corrected chi connectivity index (χ2v) is 4.31. The fraction of sp³-hybridized carbons (Fsp3) is 0.308. The first-order valence-electron chi connectivity index (χ1n) is 6.04. The molecule has 0 amide bonds. The molecule has 2 aromatic rings. The van der Waals surface area contributed by atoms with E-state index in [0.29, 0.717) is 17.7 Å². The number of nitrogens with zero attached hydrogens (tertiary/aromatic N) is 3. The molecule has 1 saturated carbocycles. The van der Waals surface area contributed by atoms with E-state index in [1.807, 2.05) is 24.3 Å². The highest BCUT2D eigenvalue weighted by atomic mass is 16.5. The number of aromatic nitrogens is 3. The molecule has 0 unspecified atom stereocenters. The Bertz CT molecular complexity index is 496. The summed E-state index contributed by atoms with van der Waals surface area (Å²) in [5.41, 5.74) is 0.931. The Hall–Kier alpha value is -2.01. The molecule has 0 spiro atoms. The van der Waals surface area contributed by atoms with E-state index in [-0.39, 0.29) is 0 Å². The lowest BCUT2D eigenvalue weighted by atomic mass is 10.4. The van der Waals surface area contributed by atoms with Crippen molar-refractivity contribution in [3.8, 4) is 11.6 Å². The standard InChI is InChI=1S/C13H14N4O/c1-2-12(9-14-7-1)18-13-6-5-11(16-17-13)8-15-10-3-4-10/h1-2,5-7,9-10,15H,3-4,8H2. The molecule has 2 heterocycles. The molecule has 2 aromatic heterocycles. The van der Waals surface area contributed by atoms with Gasteiger partial charge in [-0.15, -0.1) is 5.10 Å². The number of nitrogens with one attached hydrogen (secondary N) is 1. The molecule has 0 bridgehead atoms. The van der Waals surface area contributed by atoms with E-state index in [1.165, 1.54) is 12.8 Å². The summed E-state index contributed by atoms with van der Waals surface area (Å²) in [7, 11) is 0. The van der Waals surface area contributed by atoms with Gasteiger partial charge in [-0.2, -0.15) is 5.10 Å². The third kappa shape index (κ3) is 3.01. The average molecular weight is 242 g/mol. The Labute approximate surface area is 105 Å². The summed E-state index contributed by atoms with van der Waals surface area (Å²) in [6.07, 6.45) is 5.89. The van der Waals surface area contributed by atoms with E-state index < -0.39 is 0 Å². The van der Waals surface area contributed by atoms with E-state index in [9.17, 15) is 0 Å². The van der Waals surface area contributed by atoms with Crippen LogP contribution < -0.4 is 10.1 Å². The van der Waals surface area contributed by atoms with Crippen LogP contribution in [0.15, 0.2) is 36.7 Å². The Kier molecular flexibility index (Phi) is 3.14. The predicted octanol–water partition coefficient (Wildman–Crippen LogP) is 1.92. The van der Waals surface area contributed by atoms with Gasteiger partial charge < -0.3 is 10.1 Å². The van der Waals surface area contributed by atoms with Gasteiger partial charge in [0.1, 0.15) is 5.75 Å². The molecule has 0 radical (unpaired) electrons. The van der Waals surface area contributed by atoms with Gasteiger partial charge in [0.2, 0.25) is 5.88 Å². The van der Waals surface area contributed by atoms with Crippen LogP contribution in [0.2, 0.25) is 0 Å². The van der Waals surface area contributed by atoms with Crippen LogP contribution in [0.3, 0.4) is 0 Å². The molecule has 3 rings (SSSR count). The Morgan fingerprint density at radius 2 is 2.17 bits per heavy atom. The van der Waals surface area contributed by atoms with Crippen molar-refractivity contribution < 1.29 is 4.74 Å². The maximum atomic E-state index is 5.51. The van der Waals surface area contributed by atoms with Crippen LogP contribution in [0.25, 0.3) is 0 Å². The lowest BCUT2D eigenvalue weighted by molar-refractivity contribution is 0.451. The van der Waals surface area contributed by atoms with Crippen molar-refractivity contribution in [3.63, 3.8) is 0 Å². The molecule has 5 heteroatoms. The van der Waals surface area contributed by atoms with Gasteiger partial charge in [-0.1, -0.05) is 0 Å². The van der Waals surface area contributed by atoms with Crippen LogP contribution >= 0.6 is 0 Å². The molecule has 1 aliphatic rings. The van der Waals surface area contributed by atoms with E-state index >= 15 is 0 Å². The molecule has 0 atom stereocenters. The minimum Gasteiger partial charge on any atom is -0.436 e. The van der Waals surface area contributed by atoms with Crippen molar-refractivity contribution in [1.29, 1.82) is 0 Å². The van der Waals surface area contributed by atoms with Crippen molar-refractivity contribution >= 4 is 0 Å². The smallest absolute Gasteiger partial charge is 0.238 e. The Morgan fingerprint density at radius 1 is 1.22 bits per heavy atom. The van der Waals surface area contributed by atoms with Gasteiger partial charge >= 0.3 is 0 Å². The zero-order valence-corrected chi connectivity index (χ0v) is 9.91. The lowest BCUT2D eigenvalue weighted by Crippen LogP contribution is -2.16. The topological polar surface area (TPSA) is 59.9 Å². The molecular formula is C13H14N4O. The molecule has 0 aliphatic heterocycles. The summed E-state index contributed by atoms with van der Waals surface area (Å²) in [6, 6.07) is 8.07. The third-order valence-corrected chi connectivity index (χ3v) is 2.70. The molecule has 18 heavy (non-hydrogen) atoms. The Morgan fingerprint density at radius 3 is 2.83 bits per heavy atom. The van der Waals surface area contributed by atoms with Crippen molar-refractivity contribution in [3.05, 3.63) is 42.4 Å². The van der Waals surface area contributed by atoms with Gasteiger partial charge in [-0.05, 0) is 31.0 Å². The summed E-state index contributed by atoms with van der Waals surface area (Å²) >= 11 is 0. The Balaban J connectivity index is 1.59. The first-order valence-corrected chi connectivity index (χ1v) is 6.04. The van der Waals surface area contributed by atoms with Crippen LogP contribution in [0.4, 0.5) is 0 Å². The number of ether oxygens (including phenoxy) is 1. The van der Waals surface area contributed by atoms with Crippen molar-refractivity contribution in [1.82, 2.24) is 20.5 Å². The van der Waals surface area contributed by atoms with Crippen LogP contribution in [0.1, 0.15) is 18.5 Å². The minimum absolute atomic E-state index is 0.484. The first-order chi connectivity index (χ1) is 8.90. The summed E-state index contributed by atoms with van der Waals surface area (Å²) < 4.78 is 5.51. The highest BCUT2D eigenvalue weighted by Crippen LogP contribution is 2.19. The van der Waals surface area contributed by atoms with Crippen molar-refractivity contribution in [2.45, 2.75) is 25.4 Å². The highest BCUT2D eigenvalue weighted by Gasteiger charge is 2.20. The molecular weight excluding hydrogens is 228 g/mol. The zero-order valence-electron chi connectivity index (χ0n) is 9.91. The molecule has 0 saturated heterocycles. The van der Waals surface area contributed by atoms with Gasteiger partial charge in [0, 0.05) is 24.8 Å². The predicted molar refractivity (Wildman–Crippen MR) is 66.2 cm³/mol. The monoisotopic (exact) mass is 242 g/mol. The molecule has 0 aromatic carbocycles. The van der Waals surface area contributed by atoms with Gasteiger partial charge in [0.05, 0.1) is 11.9 Å². The number of rotatable bonds is 5. The quantitative estimate of drug-likeness (QED) is 0.868. The second-order valence-electron chi connectivity index (χ2n) is 4.31. The highest BCUT2D eigenvalue weighted by molar-refractivity contribution is 5.22. The normalized spacial score (nSPS) is 14.4. The summed E-state index contributed by atoms with van der Waals surface area (Å²) in [5, 5.41) is 11.5. The maximum Gasteiger partial charge on any atom is 0.238 e. The number of hydrogen-bond acceptors (Lipinski definition) is 5. The fourth-order valence-electron chi connectivity index (χ4n) is 1.56. The van der Waals surface area contributed by atoms with Crippen LogP contribution in [-0.2, 0) is 6.54 Å². The summed E-state index contributed by atoms with van der Waals surface area (Å²) in [6.45, 7) is 0.769. The average Bonchev–Trinajstić information content (AvgIpc) is 3.23. The molecule has 1 fully saturated rings. The minimum atomic E-state index is 0.484. The van der Waals surface area contributed by atoms with Crippen LogP contribution in [0, 0.1) is 0 Å². The fourth-order valence-corrected chi connectivity index (χ4v) is 1.56. The van der Waals surface area contributed by atoms with E-state index in [0.717, 1.165) is 12.2 Å². The van der Waals surface area contributed by atoms with Gasteiger partial charge in [-0.3, -0.25) is 4.98 Å². The van der Waals surface area contributed by atoms with E-state index in [2.05, 4.69) is 20.5 Å². The van der Waals surface area contributed by atoms with Gasteiger partial charge in [-0.25, -0.2) is 0 Å². The number of pyridine rings is 1. The van der Waals surface area contributed by atoms with E-state index in [1.54, 1.807) is 12.4 Å². The molecule has 5 nitrogen and oxygen atoms in total. The number of hydrogen-bond donors (Lipinski definition) is 1.